The molecule has 0 bridgehead atoms. The van der Waals surface area contributed by atoms with Gasteiger partial charge in [0.2, 0.25) is 0 Å². The Labute approximate surface area is 90.5 Å². The fraction of sp³-hybridized carbons (Fsp3) is 0.583. The van der Waals surface area contributed by atoms with E-state index in [0.717, 1.165) is 31.5 Å². The van der Waals surface area contributed by atoms with Crippen LogP contribution in [0.1, 0.15) is 25.3 Å². The first-order valence-electron chi connectivity index (χ1n) is 5.61. The van der Waals surface area contributed by atoms with E-state index in [1.807, 2.05) is 12.1 Å². The van der Waals surface area contributed by atoms with Crippen LogP contribution < -0.4 is 5.32 Å². The van der Waals surface area contributed by atoms with Crippen molar-refractivity contribution in [2.45, 2.75) is 25.4 Å². The van der Waals surface area contributed by atoms with Gasteiger partial charge in [0.25, 0.3) is 0 Å². The number of aromatic nitrogens is 1. The number of hydrogen-bond donors (Lipinski definition) is 2. The summed E-state index contributed by atoms with van der Waals surface area (Å²) < 4.78 is 0. The van der Waals surface area contributed by atoms with Crippen LogP contribution in [0.15, 0.2) is 24.5 Å². The van der Waals surface area contributed by atoms with Crippen LogP contribution in [0.2, 0.25) is 0 Å². The summed E-state index contributed by atoms with van der Waals surface area (Å²) in [5, 5.41) is 14.1. The van der Waals surface area contributed by atoms with Crippen molar-refractivity contribution < 1.29 is 5.11 Å². The van der Waals surface area contributed by atoms with E-state index >= 15 is 0 Å². The average Bonchev–Trinajstić information content (AvgIpc) is 2.31. The molecule has 0 amide bonds. The molecule has 0 aliphatic carbocycles. The van der Waals surface area contributed by atoms with Crippen LogP contribution in [-0.4, -0.2) is 23.2 Å². The molecule has 1 aromatic heterocycles. The lowest BCUT2D eigenvalue weighted by atomic mass is 9.76. The first-order valence-corrected chi connectivity index (χ1v) is 5.61. The molecule has 2 N–H and O–H groups in total. The molecule has 2 unspecified atom stereocenters. The van der Waals surface area contributed by atoms with E-state index in [1.54, 1.807) is 12.4 Å². The number of piperidine rings is 1. The predicted octanol–water partition coefficient (Wildman–Crippen LogP) is 1.29. The second-order valence-corrected chi connectivity index (χ2v) is 4.23. The highest BCUT2D eigenvalue weighted by molar-refractivity contribution is 5.20. The molecule has 2 rings (SSSR count). The molecule has 3 heteroatoms. The number of pyridine rings is 1. The van der Waals surface area contributed by atoms with Crippen LogP contribution >= 0.6 is 0 Å². The summed E-state index contributed by atoms with van der Waals surface area (Å²) in [5.41, 5.74) is 0.271. The molecular weight excluding hydrogens is 188 g/mol. The fourth-order valence-corrected chi connectivity index (χ4v) is 2.41. The molecule has 1 aliphatic heterocycles. The Kier molecular flexibility index (Phi) is 3.03. The van der Waals surface area contributed by atoms with Gasteiger partial charge in [-0.2, -0.15) is 0 Å². The van der Waals surface area contributed by atoms with Crippen LogP contribution in [0.4, 0.5) is 0 Å². The SMILES string of the molecule is CCC1CNCCC1(O)c1cccnc1. The maximum absolute atomic E-state index is 10.7. The van der Waals surface area contributed by atoms with Crippen molar-refractivity contribution in [1.82, 2.24) is 10.3 Å². The van der Waals surface area contributed by atoms with Crippen LogP contribution in [0.5, 0.6) is 0 Å². The summed E-state index contributed by atoms with van der Waals surface area (Å²) in [7, 11) is 0. The quantitative estimate of drug-likeness (QED) is 0.766. The molecular formula is C12H18N2O. The summed E-state index contributed by atoms with van der Waals surface area (Å²) in [6, 6.07) is 3.86. The molecule has 15 heavy (non-hydrogen) atoms. The van der Waals surface area contributed by atoms with Crippen molar-refractivity contribution in [2.24, 2.45) is 5.92 Å². The summed E-state index contributed by atoms with van der Waals surface area (Å²) in [5.74, 6) is 0.287. The van der Waals surface area contributed by atoms with E-state index in [1.165, 1.54) is 0 Å². The Balaban J connectivity index is 2.30. The molecule has 3 nitrogen and oxygen atoms in total. The van der Waals surface area contributed by atoms with Gasteiger partial charge in [-0.15, -0.1) is 0 Å². The van der Waals surface area contributed by atoms with Gasteiger partial charge in [0, 0.05) is 30.4 Å². The fourth-order valence-electron chi connectivity index (χ4n) is 2.41. The van der Waals surface area contributed by atoms with Crippen molar-refractivity contribution >= 4 is 0 Å². The molecule has 2 atom stereocenters. The molecule has 0 aromatic carbocycles. The Bertz CT molecular complexity index is 315. The smallest absolute Gasteiger partial charge is 0.0963 e. The van der Waals surface area contributed by atoms with E-state index in [4.69, 9.17) is 0 Å². The standard InChI is InChI=1S/C12H18N2O/c1-2-10-8-14-7-5-12(10,15)11-4-3-6-13-9-11/h3-4,6,9-10,14-15H,2,5,7-8H2,1H3. The molecule has 1 aromatic rings. The second kappa shape index (κ2) is 4.29. The van der Waals surface area contributed by atoms with E-state index in [9.17, 15) is 5.11 Å². The molecule has 0 radical (unpaired) electrons. The number of hydrogen-bond acceptors (Lipinski definition) is 3. The van der Waals surface area contributed by atoms with Gasteiger partial charge in [-0.05, 0) is 25.5 Å². The predicted molar refractivity (Wildman–Crippen MR) is 59.4 cm³/mol. The average molecular weight is 206 g/mol. The van der Waals surface area contributed by atoms with Gasteiger partial charge >= 0.3 is 0 Å². The minimum atomic E-state index is -0.686. The first-order chi connectivity index (χ1) is 7.27. The van der Waals surface area contributed by atoms with Crippen LogP contribution in [0, 0.1) is 5.92 Å². The third-order valence-electron chi connectivity index (χ3n) is 3.40. The van der Waals surface area contributed by atoms with Crippen LogP contribution in [-0.2, 0) is 5.60 Å². The maximum Gasteiger partial charge on any atom is 0.0963 e. The number of aliphatic hydroxyl groups is 1. The van der Waals surface area contributed by atoms with Gasteiger partial charge in [0.05, 0.1) is 5.60 Å². The van der Waals surface area contributed by atoms with E-state index in [0.29, 0.717) is 0 Å². The first kappa shape index (κ1) is 10.6. The largest absolute Gasteiger partial charge is 0.385 e. The van der Waals surface area contributed by atoms with Crippen molar-refractivity contribution in [3.8, 4) is 0 Å². The van der Waals surface area contributed by atoms with Gasteiger partial charge < -0.3 is 10.4 Å². The Morgan fingerprint density at radius 1 is 1.67 bits per heavy atom. The van der Waals surface area contributed by atoms with Gasteiger partial charge in [-0.3, -0.25) is 4.98 Å². The van der Waals surface area contributed by atoms with Crippen molar-refractivity contribution in [2.75, 3.05) is 13.1 Å². The van der Waals surface area contributed by atoms with E-state index in [-0.39, 0.29) is 5.92 Å². The van der Waals surface area contributed by atoms with E-state index in [2.05, 4.69) is 17.2 Å². The Hall–Kier alpha value is -0.930. The molecule has 1 saturated heterocycles. The summed E-state index contributed by atoms with van der Waals surface area (Å²) >= 11 is 0. The lowest BCUT2D eigenvalue weighted by molar-refractivity contribution is -0.0481. The summed E-state index contributed by atoms with van der Waals surface area (Å²) in [4.78, 5) is 4.09. The van der Waals surface area contributed by atoms with Crippen LogP contribution in [0.25, 0.3) is 0 Å². The number of nitrogens with zero attached hydrogens (tertiary/aromatic N) is 1. The molecule has 0 saturated carbocycles. The van der Waals surface area contributed by atoms with Crippen LogP contribution in [0.3, 0.4) is 0 Å². The van der Waals surface area contributed by atoms with Gasteiger partial charge in [-0.1, -0.05) is 13.0 Å². The third-order valence-corrected chi connectivity index (χ3v) is 3.40. The topological polar surface area (TPSA) is 45.1 Å². The van der Waals surface area contributed by atoms with Crippen molar-refractivity contribution in [1.29, 1.82) is 0 Å². The minimum absolute atomic E-state index is 0.287. The molecule has 1 aliphatic rings. The van der Waals surface area contributed by atoms with Gasteiger partial charge in [0.15, 0.2) is 0 Å². The third kappa shape index (κ3) is 1.90. The van der Waals surface area contributed by atoms with E-state index < -0.39 is 5.60 Å². The zero-order valence-electron chi connectivity index (χ0n) is 9.11. The molecule has 0 spiro atoms. The summed E-state index contributed by atoms with van der Waals surface area (Å²) in [6.07, 6.45) is 5.29. The minimum Gasteiger partial charge on any atom is -0.385 e. The zero-order chi connectivity index (χ0) is 10.7. The lowest BCUT2D eigenvalue weighted by Gasteiger charge is -2.40. The Morgan fingerprint density at radius 3 is 3.20 bits per heavy atom. The highest BCUT2D eigenvalue weighted by atomic mass is 16.3. The van der Waals surface area contributed by atoms with Crippen molar-refractivity contribution in [3.05, 3.63) is 30.1 Å². The molecule has 2 heterocycles. The normalized spacial score (nSPS) is 31.5. The van der Waals surface area contributed by atoms with Crippen molar-refractivity contribution in [3.63, 3.8) is 0 Å². The zero-order valence-corrected chi connectivity index (χ0v) is 9.11. The maximum atomic E-state index is 10.7. The lowest BCUT2D eigenvalue weighted by Crippen LogP contribution is -2.47. The second-order valence-electron chi connectivity index (χ2n) is 4.23. The highest BCUT2D eigenvalue weighted by Gasteiger charge is 2.39. The Morgan fingerprint density at radius 2 is 2.53 bits per heavy atom. The number of nitrogens with one attached hydrogen (secondary N) is 1. The molecule has 82 valence electrons. The van der Waals surface area contributed by atoms with Gasteiger partial charge in [0.1, 0.15) is 0 Å². The van der Waals surface area contributed by atoms with Gasteiger partial charge in [-0.25, -0.2) is 0 Å². The summed E-state index contributed by atoms with van der Waals surface area (Å²) in [6.45, 7) is 3.89. The highest BCUT2D eigenvalue weighted by Crippen LogP contribution is 2.36. The monoisotopic (exact) mass is 206 g/mol. The number of rotatable bonds is 2. The molecule has 1 fully saturated rings.